The Morgan fingerprint density at radius 3 is 2.33 bits per heavy atom. The number of carbonyl (C=O) groups is 1. The number of ether oxygens (including phenoxy) is 3. The van der Waals surface area contributed by atoms with E-state index >= 15 is 0 Å². The molecule has 2 rings (SSSR count). The molecule has 0 aliphatic carbocycles. The number of hydrogen-bond donors (Lipinski definition) is 1. The largest absolute Gasteiger partial charge is 0.496 e. The van der Waals surface area contributed by atoms with Crippen molar-refractivity contribution in [3.8, 4) is 17.2 Å². The van der Waals surface area contributed by atoms with E-state index in [1.807, 2.05) is 0 Å². The van der Waals surface area contributed by atoms with Crippen molar-refractivity contribution in [1.29, 1.82) is 0 Å². The van der Waals surface area contributed by atoms with Crippen molar-refractivity contribution in [1.82, 2.24) is 4.90 Å². The molecule has 0 bridgehead atoms. The summed E-state index contributed by atoms with van der Waals surface area (Å²) < 4.78 is 15.8. The number of nitrogens with zero attached hydrogens (tertiary/aromatic N) is 1. The van der Waals surface area contributed by atoms with Crippen LogP contribution in [0.2, 0.25) is 0 Å². The summed E-state index contributed by atoms with van der Waals surface area (Å²) in [5.74, 6) is 1.83. The van der Waals surface area contributed by atoms with E-state index < -0.39 is 0 Å². The fourth-order valence-corrected chi connectivity index (χ4v) is 2.58. The van der Waals surface area contributed by atoms with E-state index in [2.05, 4.69) is 0 Å². The molecule has 21 heavy (non-hydrogen) atoms. The first kappa shape index (κ1) is 15.4. The van der Waals surface area contributed by atoms with Crippen LogP contribution in [0.5, 0.6) is 17.2 Å². The Bertz CT molecular complexity index is 519. The highest BCUT2D eigenvalue weighted by atomic mass is 16.5. The van der Waals surface area contributed by atoms with Crippen LogP contribution in [0.25, 0.3) is 0 Å². The van der Waals surface area contributed by atoms with Gasteiger partial charge < -0.3 is 24.8 Å². The summed E-state index contributed by atoms with van der Waals surface area (Å²) in [6.07, 6.45) is 0.942. The predicted molar refractivity (Wildman–Crippen MR) is 79.2 cm³/mol. The van der Waals surface area contributed by atoms with Gasteiger partial charge >= 0.3 is 0 Å². The molecule has 1 fully saturated rings. The third-order valence-corrected chi connectivity index (χ3v) is 3.84. The van der Waals surface area contributed by atoms with E-state index in [1.165, 1.54) is 7.11 Å². The lowest BCUT2D eigenvalue weighted by molar-refractivity contribution is 0.0784. The van der Waals surface area contributed by atoms with Gasteiger partial charge in [0.2, 0.25) is 0 Å². The van der Waals surface area contributed by atoms with Crippen molar-refractivity contribution < 1.29 is 19.0 Å². The molecule has 1 heterocycles. The van der Waals surface area contributed by atoms with Crippen LogP contribution in [0.4, 0.5) is 0 Å². The number of benzene rings is 1. The van der Waals surface area contributed by atoms with Gasteiger partial charge in [0, 0.05) is 25.2 Å². The van der Waals surface area contributed by atoms with Crippen LogP contribution in [-0.4, -0.2) is 51.8 Å². The Morgan fingerprint density at radius 2 is 1.81 bits per heavy atom. The lowest BCUT2D eigenvalue weighted by Crippen LogP contribution is -2.30. The second-order valence-corrected chi connectivity index (χ2v) is 5.05. The molecule has 6 nitrogen and oxygen atoms in total. The van der Waals surface area contributed by atoms with Crippen LogP contribution in [0.3, 0.4) is 0 Å². The highest BCUT2D eigenvalue weighted by Crippen LogP contribution is 2.35. The van der Waals surface area contributed by atoms with Crippen LogP contribution in [0, 0.1) is 5.92 Å². The lowest BCUT2D eigenvalue weighted by atomic mass is 10.1. The maximum atomic E-state index is 12.7. The molecular formula is C15H22N2O4. The van der Waals surface area contributed by atoms with E-state index in [1.54, 1.807) is 31.3 Å². The molecule has 116 valence electrons. The van der Waals surface area contributed by atoms with Gasteiger partial charge in [-0.3, -0.25) is 4.79 Å². The standard InChI is InChI=1S/C15H22N2O4/c1-19-12-7-14(21-3)13(20-2)6-11(12)15(18)17-5-4-10(8-16)9-17/h6-7,10H,4-5,8-9,16H2,1-3H3. The minimum Gasteiger partial charge on any atom is -0.496 e. The van der Waals surface area contributed by atoms with Gasteiger partial charge in [0.25, 0.3) is 5.91 Å². The Kier molecular flexibility index (Phi) is 4.90. The van der Waals surface area contributed by atoms with Crippen LogP contribution < -0.4 is 19.9 Å². The Hall–Kier alpha value is -1.95. The zero-order valence-corrected chi connectivity index (χ0v) is 12.7. The van der Waals surface area contributed by atoms with Crippen molar-refractivity contribution in [3.05, 3.63) is 17.7 Å². The van der Waals surface area contributed by atoms with Gasteiger partial charge in [-0.1, -0.05) is 0 Å². The van der Waals surface area contributed by atoms with Crippen LogP contribution in [-0.2, 0) is 0 Å². The number of rotatable bonds is 5. The summed E-state index contributed by atoms with van der Waals surface area (Å²) in [6, 6.07) is 3.33. The molecule has 1 saturated heterocycles. The van der Waals surface area contributed by atoms with Crippen molar-refractivity contribution in [2.24, 2.45) is 11.7 Å². The summed E-state index contributed by atoms with van der Waals surface area (Å²) in [5, 5.41) is 0. The summed E-state index contributed by atoms with van der Waals surface area (Å²) >= 11 is 0. The average Bonchev–Trinajstić information content (AvgIpc) is 3.01. The molecule has 1 amide bonds. The molecule has 1 unspecified atom stereocenters. The molecular weight excluding hydrogens is 272 g/mol. The van der Waals surface area contributed by atoms with Crippen molar-refractivity contribution in [3.63, 3.8) is 0 Å². The molecule has 1 aliphatic rings. The Labute approximate surface area is 124 Å². The van der Waals surface area contributed by atoms with E-state index in [0.717, 1.165) is 13.0 Å². The van der Waals surface area contributed by atoms with E-state index in [9.17, 15) is 4.79 Å². The number of likely N-dealkylation sites (tertiary alicyclic amines) is 1. The monoisotopic (exact) mass is 294 g/mol. The van der Waals surface area contributed by atoms with Crippen LogP contribution >= 0.6 is 0 Å². The molecule has 1 aromatic rings. The zero-order valence-electron chi connectivity index (χ0n) is 12.7. The zero-order chi connectivity index (χ0) is 15.4. The average molecular weight is 294 g/mol. The third-order valence-electron chi connectivity index (χ3n) is 3.84. The van der Waals surface area contributed by atoms with Crippen molar-refractivity contribution >= 4 is 5.91 Å². The Morgan fingerprint density at radius 1 is 1.19 bits per heavy atom. The summed E-state index contributed by atoms with van der Waals surface area (Å²) in [6.45, 7) is 2.01. The maximum absolute atomic E-state index is 12.7. The molecule has 2 N–H and O–H groups in total. The molecule has 0 aromatic heterocycles. The van der Waals surface area contributed by atoms with Crippen LogP contribution in [0.1, 0.15) is 16.8 Å². The predicted octanol–water partition coefficient (Wildman–Crippen LogP) is 1.13. The van der Waals surface area contributed by atoms with E-state index in [-0.39, 0.29) is 5.91 Å². The quantitative estimate of drug-likeness (QED) is 0.881. The van der Waals surface area contributed by atoms with Crippen molar-refractivity contribution in [2.75, 3.05) is 41.0 Å². The van der Waals surface area contributed by atoms with Crippen LogP contribution in [0.15, 0.2) is 12.1 Å². The highest BCUT2D eigenvalue weighted by Gasteiger charge is 2.28. The number of hydrogen-bond acceptors (Lipinski definition) is 5. The van der Waals surface area contributed by atoms with E-state index in [0.29, 0.717) is 41.8 Å². The fourth-order valence-electron chi connectivity index (χ4n) is 2.58. The SMILES string of the molecule is COc1cc(OC)c(C(=O)N2CCC(CN)C2)cc1OC. The first-order valence-electron chi connectivity index (χ1n) is 6.93. The van der Waals surface area contributed by atoms with Gasteiger partial charge in [-0.05, 0) is 18.9 Å². The first-order valence-corrected chi connectivity index (χ1v) is 6.93. The molecule has 0 radical (unpaired) electrons. The third kappa shape index (κ3) is 3.05. The minimum atomic E-state index is -0.0660. The molecule has 0 saturated carbocycles. The minimum absolute atomic E-state index is 0.0660. The van der Waals surface area contributed by atoms with Gasteiger partial charge in [0.05, 0.1) is 26.9 Å². The van der Waals surface area contributed by atoms with Gasteiger partial charge in [0.15, 0.2) is 11.5 Å². The molecule has 1 aromatic carbocycles. The fraction of sp³-hybridized carbons (Fsp3) is 0.533. The molecule has 0 spiro atoms. The summed E-state index contributed by atoms with van der Waals surface area (Å²) in [5.41, 5.74) is 6.15. The van der Waals surface area contributed by atoms with Gasteiger partial charge in [0.1, 0.15) is 5.75 Å². The number of methoxy groups -OCH3 is 3. The summed E-state index contributed by atoms with van der Waals surface area (Å²) in [4.78, 5) is 14.5. The number of nitrogens with two attached hydrogens (primary N) is 1. The molecule has 1 aliphatic heterocycles. The van der Waals surface area contributed by atoms with Gasteiger partial charge in [-0.2, -0.15) is 0 Å². The smallest absolute Gasteiger partial charge is 0.257 e. The number of carbonyl (C=O) groups excluding carboxylic acids is 1. The number of amides is 1. The second kappa shape index (κ2) is 6.67. The van der Waals surface area contributed by atoms with Gasteiger partial charge in [-0.25, -0.2) is 0 Å². The van der Waals surface area contributed by atoms with Crippen molar-refractivity contribution in [2.45, 2.75) is 6.42 Å². The molecule has 6 heteroatoms. The highest BCUT2D eigenvalue weighted by molar-refractivity contribution is 5.98. The normalized spacial score (nSPS) is 17.7. The maximum Gasteiger partial charge on any atom is 0.257 e. The topological polar surface area (TPSA) is 74.0 Å². The molecule has 1 atom stereocenters. The Balaban J connectivity index is 2.31. The summed E-state index contributed by atoms with van der Waals surface area (Å²) in [7, 11) is 4.62. The van der Waals surface area contributed by atoms with E-state index in [4.69, 9.17) is 19.9 Å². The lowest BCUT2D eigenvalue weighted by Gasteiger charge is -2.19. The second-order valence-electron chi connectivity index (χ2n) is 5.05. The van der Waals surface area contributed by atoms with Gasteiger partial charge in [-0.15, -0.1) is 0 Å². The first-order chi connectivity index (χ1) is 10.1.